The Balaban J connectivity index is 3.03. The molecule has 1 heterocycles. The summed E-state index contributed by atoms with van der Waals surface area (Å²) in [6, 6.07) is 3.32. The first-order chi connectivity index (χ1) is 5.24. The van der Waals surface area contributed by atoms with Crippen LogP contribution in [0, 0.1) is 17.8 Å². The lowest BCUT2D eigenvalue weighted by atomic mass is 10.2. The van der Waals surface area contributed by atoms with Crippen molar-refractivity contribution >= 4 is 5.84 Å². The van der Waals surface area contributed by atoms with Crippen molar-refractivity contribution in [1.82, 2.24) is 4.98 Å². The van der Waals surface area contributed by atoms with Crippen molar-refractivity contribution in [3.05, 3.63) is 29.6 Å². The van der Waals surface area contributed by atoms with E-state index in [1.165, 1.54) is 6.20 Å². The highest BCUT2D eigenvalue weighted by atomic mass is 14.8. The number of nitrogens with two attached hydrogens (primary N) is 1. The molecule has 3 heteroatoms. The molecule has 3 nitrogen and oxygen atoms in total. The van der Waals surface area contributed by atoms with Gasteiger partial charge in [-0.05, 0) is 12.1 Å². The Hall–Kier alpha value is -1.82. The van der Waals surface area contributed by atoms with E-state index >= 15 is 0 Å². The summed E-state index contributed by atoms with van der Waals surface area (Å²) in [7, 11) is 0. The molecule has 3 N–H and O–H groups in total. The third-order valence-corrected chi connectivity index (χ3v) is 1.21. The molecule has 0 atom stereocenters. The summed E-state index contributed by atoms with van der Waals surface area (Å²) in [5.41, 5.74) is 6.31. The summed E-state index contributed by atoms with van der Waals surface area (Å²) in [5, 5.41) is 7.03. The molecule has 0 amide bonds. The minimum Gasteiger partial charge on any atom is -0.382 e. The number of terminal acetylenes is 1. The maximum Gasteiger partial charge on any atom is 0.141 e. The Labute approximate surface area is 64.8 Å². The van der Waals surface area contributed by atoms with Crippen LogP contribution in [0.5, 0.6) is 0 Å². The van der Waals surface area contributed by atoms with E-state index in [2.05, 4.69) is 10.9 Å². The van der Waals surface area contributed by atoms with Gasteiger partial charge in [-0.15, -0.1) is 6.42 Å². The number of hydrogen-bond donors (Lipinski definition) is 2. The van der Waals surface area contributed by atoms with Crippen molar-refractivity contribution in [2.45, 2.75) is 0 Å². The standard InChI is InChI=1S/C8H7N3/c1-2-6-3-4-7(8(9)10)11-5-6/h1,3-5H,(H3,9,10). The van der Waals surface area contributed by atoms with Crippen LogP contribution < -0.4 is 5.73 Å². The van der Waals surface area contributed by atoms with E-state index in [1.807, 2.05) is 0 Å². The zero-order chi connectivity index (χ0) is 8.27. The largest absolute Gasteiger partial charge is 0.382 e. The van der Waals surface area contributed by atoms with Crippen LogP contribution in [0.4, 0.5) is 0 Å². The van der Waals surface area contributed by atoms with Crippen LogP contribution in [-0.4, -0.2) is 10.8 Å². The van der Waals surface area contributed by atoms with Crippen LogP contribution in [-0.2, 0) is 0 Å². The van der Waals surface area contributed by atoms with Crippen LogP contribution in [0.15, 0.2) is 18.3 Å². The maximum absolute atomic E-state index is 7.03. The Morgan fingerprint density at radius 1 is 1.64 bits per heavy atom. The first kappa shape index (κ1) is 7.29. The third-order valence-electron chi connectivity index (χ3n) is 1.21. The monoisotopic (exact) mass is 145 g/mol. The van der Waals surface area contributed by atoms with E-state index in [1.54, 1.807) is 12.1 Å². The van der Waals surface area contributed by atoms with Gasteiger partial charge in [0, 0.05) is 11.8 Å². The molecule has 0 saturated heterocycles. The van der Waals surface area contributed by atoms with Crippen molar-refractivity contribution in [3.8, 4) is 12.3 Å². The number of nitrogens with one attached hydrogen (secondary N) is 1. The van der Waals surface area contributed by atoms with E-state index in [9.17, 15) is 0 Å². The Morgan fingerprint density at radius 2 is 2.36 bits per heavy atom. The fourth-order valence-electron chi connectivity index (χ4n) is 0.639. The van der Waals surface area contributed by atoms with Gasteiger partial charge in [-0.1, -0.05) is 5.92 Å². The Kier molecular flexibility index (Phi) is 1.88. The summed E-state index contributed by atoms with van der Waals surface area (Å²) < 4.78 is 0. The lowest BCUT2D eigenvalue weighted by Gasteiger charge is -1.95. The molecule has 11 heavy (non-hydrogen) atoms. The van der Waals surface area contributed by atoms with Gasteiger partial charge in [0.15, 0.2) is 0 Å². The Morgan fingerprint density at radius 3 is 2.73 bits per heavy atom. The summed E-state index contributed by atoms with van der Waals surface area (Å²) >= 11 is 0. The average molecular weight is 145 g/mol. The van der Waals surface area contributed by atoms with Crippen LogP contribution >= 0.6 is 0 Å². The van der Waals surface area contributed by atoms with E-state index in [-0.39, 0.29) is 5.84 Å². The molecule has 1 rings (SSSR count). The minimum atomic E-state index is -0.0476. The predicted molar refractivity (Wildman–Crippen MR) is 43.2 cm³/mol. The zero-order valence-electron chi connectivity index (χ0n) is 5.83. The number of pyridine rings is 1. The number of aromatic nitrogens is 1. The number of hydrogen-bond acceptors (Lipinski definition) is 2. The normalized spacial score (nSPS) is 8.64. The average Bonchev–Trinajstić information content (AvgIpc) is 2.05. The molecular formula is C8H7N3. The first-order valence-electron chi connectivity index (χ1n) is 3.01. The topological polar surface area (TPSA) is 62.8 Å². The molecular weight excluding hydrogens is 138 g/mol. The van der Waals surface area contributed by atoms with E-state index in [0.29, 0.717) is 11.3 Å². The second-order valence-electron chi connectivity index (χ2n) is 1.99. The number of amidine groups is 1. The van der Waals surface area contributed by atoms with E-state index in [4.69, 9.17) is 17.6 Å². The first-order valence-corrected chi connectivity index (χ1v) is 3.01. The third kappa shape index (κ3) is 1.55. The molecule has 0 aliphatic rings. The second kappa shape index (κ2) is 2.84. The Bertz CT molecular complexity index is 305. The molecule has 0 fully saturated rings. The zero-order valence-corrected chi connectivity index (χ0v) is 5.83. The molecule has 1 aromatic rings. The highest BCUT2D eigenvalue weighted by Crippen LogP contribution is 1.96. The summed E-state index contributed by atoms with van der Waals surface area (Å²) in [6.07, 6.45) is 6.61. The fraction of sp³-hybridized carbons (Fsp3) is 0. The van der Waals surface area contributed by atoms with Crippen LogP contribution in [0.2, 0.25) is 0 Å². The SMILES string of the molecule is C#Cc1ccc(C(=N)N)nc1. The lowest BCUT2D eigenvalue weighted by molar-refractivity contribution is 1.25. The van der Waals surface area contributed by atoms with Gasteiger partial charge >= 0.3 is 0 Å². The van der Waals surface area contributed by atoms with Gasteiger partial charge in [-0.3, -0.25) is 10.4 Å². The van der Waals surface area contributed by atoms with Crippen molar-refractivity contribution in [3.63, 3.8) is 0 Å². The molecule has 0 aliphatic carbocycles. The smallest absolute Gasteiger partial charge is 0.141 e. The molecule has 0 radical (unpaired) electrons. The van der Waals surface area contributed by atoms with Gasteiger partial charge in [0.2, 0.25) is 0 Å². The van der Waals surface area contributed by atoms with E-state index < -0.39 is 0 Å². The second-order valence-corrected chi connectivity index (χ2v) is 1.99. The molecule has 0 spiro atoms. The number of nitrogen functional groups attached to an aromatic ring is 1. The van der Waals surface area contributed by atoms with Gasteiger partial charge in [-0.2, -0.15) is 0 Å². The highest BCUT2D eigenvalue weighted by Gasteiger charge is 1.95. The van der Waals surface area contributed by atoms with Crippen molar-refractivity contribution in [2.24, 2.45) is 5.73 Å². The molecule has 0 unspecified atom stereocenters. The van der Waals surface area contributed by atoms with Gasteiger partial charge in [0.1, 0.15) is 11.5 Å². The van der Waals surface area contributed by atoms with Crippen molar-refractivity contribution in [1.29, 1.82) is 5.41 Å². The summed E-state index contributed by atoms with van der Waals surface area (Å²) in [6.45, 7) is 0. The minimum absolute atomic E-state index is 0.0476. The molecule has 54 valence electrons. The quantitative estimate of drug-likeness (QED) is 0.340. The summed E-state index contributed by atoms with van der Waals surface area (Å²) in [5.74, 6) is 2.37. The molecule has 0 aliphatic heterocycles. The number of nitrogens with zero attached hydrogens (tertiary/aromatic N) is 1. The molecule has 0 aromatic carbocycles. The van der Waals surface area contributed by atoms with Gasteiger partial charge in [0.05, 0.1) is 0 Å². The number of rotatable bonds is 1. The van der Waals surface area contributed by atoms with Crippen molar-refractivity contribution < 1.29 is 0 Å². The predicted octanol–water partition coefficient (Wildman–Crippen LogP) is 0.347. The molecule has 0 bridgehead atoms. The van der Waals surface area contributed by atoms with Gasteiger partial charge in [-0.25, -0.2) is 0 Å². The van der Waals surface area contributed by atoms with Gasteiger partial charge in [0.25, 0.3) is 0 Å². The fourth-order valence-corrected chi connectivity index (χ4v) is 0.639. The maximum atomic E-state index is 7.03. The molecule has 1 aromatic heterocycles. The van der Waals surface area contributed by atoms with Crippen LogP contribution in [0.3, 0.4) is 0 Å². The van der Waals surface area contributed by atoms with Crippen LogP contribution in [0.1, 0.15) is 11.3 Å². The summed E-state index contributed by atoms with van der Waals surface area (Å²) in [4.78, 5) is 3.86. The van der Waals surface area contributed by atoms with Crippen LogP contribution in [0.25, 0.3) is 0 Å². The van der Waals surface area contributed by atoms with Crippen molar-refractivity contribution in [2.75, 3.05) is 0 Å². The molecule has 0 saturated carbocycles. The lowest BCUT2D eigenvalue weighted by Crippen LogP contribution is -2.12. The van der Waals surface area contributed by atoms with E-state index in [0.717, 1.165) is 0 Å². The highest BCUT2D eigenvalue weighted by molar-refractivity contribution is 5.92. The van der Waals surface area contributed by atoms with Gasteiger partial charge < -0.3 is 5.73 Å².